The van der Waals surface area contributed by atoms with Crippen LogP contribution in [-0.2, 0) is 4.57 Å². The van der Waals surface area contributed by atoms with Crippen LogP contribution in [0.5, 0.6) is 5.75 Å². The zero-order valence-corrected chi connectivity index (χ0v) is 21.3. The van der Waals surface area contributed by atoms with Gasteiger partial charge in [0.25, 0.3) is 0 Å². The van der Waals surface area contributed by atoms with Crippen molar-refractivity contribution in [2.75, 3.05) is 38.8 Å². The average Bonchev–Trinajstić information content (AvgIpc) is 3.41. The maximum Gasteiger partial charge on any atom is 0.139 e. The molecule has 2 aromatic heterocycles. The molecule has 0 aliphatic carbocycles. The van der Waals surface area contributed by atoms with E-state index < -0.39 is 13.0 Å². The summed E-state index contributed by atoms with van der Waals surface area (Å²) < 4.78 is 33.6. The van der Waals surface area contributed by atoms with E-state index in [1.807, 2.05) is 37.3 Å². The van der Waals surface area contributed by atoms with E-state index >= 15 is 0 Å². The zero-order chi connectivity index (χ0) is 24.7. The van der Waals surface area contributed by atoms with Gasteiger partial charge in [0.05, 0.1) is 16.7 Å². The lowest BCUT2D eigenvalue weighted by atomic mass is 10.1. The monoisotopic (exact) mass is 492 g/mol. The number of benzene rings is 2. The zero-order valence-electron chi connectivity index (χ0n) is 20.4. The molecule has 35 heavy (non-hydrogen) atoms. The summed E-state index contributed by atoms with van der Waals surface area (Å²) in [6.45, 7) is 7.12. The summed E-state index contributed by atoms with van der Waals surface area (Å²) in [5, 5.41) is 4.46. The highest BCUT2D eigenvalue weighted by Gasteiger charge is 2.23. The van der Waals surface area contributed by atoms with Crippen molar-refractivity contribution in [1.82, 2.24) is 14.9 Å². The van der Waals surface area contributed by atoms with Crippen LogP contribution in [0.25, 0.3) is 22.3 Å². The number of nitrogens with zero attached hydrogens (tertiary/aromatic N) is 2. The number of aryl methyl sites for hydroxylation is 1. The molecule has 4 aromatic rings. The average molecular weight is 493 g/mol. The van der Waals surface area contributed by atoms with E-state index in [-0.39, 0.29) is 11.4 Å². The molecule has 1 fully saturated rings. The normalized spacial score (nSPS) is 16.7. The van der Waals surface area contributed by atoms with E-state index in [0.29, 0.717) is 5.69 Å². The molecule has 3 heterocycles. The van der Waals surface area contributed by atoms with Gasteiger partial charge in [-0.05, 0) is 87.3 Å². The largest absolute Gasteiger partial charge is 0.489 e. The third-order valence-corrected chi connectivity index (χ3v) is 7.98. The van der Waals surface area contributed by atoms with Crippen molar-refractivity contribution in [2.24, 2.45) is 0 Å². The summed E-state index contributed by atoms with van der Waals surface area (Å²) in [5.74, 6) is 0.399. The lowest BCUT2D eigenvalue weighted by Gasteiger charge is -2.17. The molecule has 1 saturated heterocycles. The van der Waals surface area contributed by atoms with E-state index in [1.54, 1.807) is 31.7 Å². The number of pyridine rings is 1. The predicted octanol–water partition coefficient (Wildman–Crippen LogP) is 5.75. The number of likely N-dealkylation sites (N-methyl/N-ethyl adjacent to an activating group) is 1. The summed E-state index contributed by atoms with van der Waals surface area (Å²) in [6.07, 6.45) is 3.05. The SMILES string of the molecule is Cc1cnc2[nH]c(-c3ccc(OC4CCN(C)C4)cc3)cc2c1Nc1cccc(F)c1P(C)(C)=O. The molecule has 2 N–H and O–H groups in total. The fourth-order valence-electron chi connectivity index (χ4n) is 4.69. The Labute approximate surface area is 204 Å². The number of H-pyrrole nitrogens is 1. The first-order valence-electron chi connectivity index (χ1n) is 11.7. The Morgan fingerprint density at radius 1 is 1.20 bits per heavy atom. The summed E-state index contributed by atoms with van der Waals surface area (Å²) in [4.78, 5) is 10.2. The van der Waals surface area contributed by atoms with E-state index in [9.17, 15) is 8.96 Å². The van der Waals surface area contributed by atoms with Crippen LogP contribution < -0.4 is 15.4 Å². The second kappa shape index (κ2) is 9.14. The molecule has 8 heteroatoms. The number of rotatable bonds is 6. The molecule has 0 spiro atoms. The van der Waals surface area contributed by atoms with Gasteiger partial charge in [0.15, 0.2) is 0 Å². The van der Waals surface area contributed by atoms with Crippen molar-refractivity contribution >= 4 is 34.9 Å². The fourth-order valence-corrected chi connectivity index (χ4v) is 5.99. The van der Waals surface area contributed by atoms with Crippen LogP contribution in [0.4, 0.5) is 15.8 Å². The van der Waals surface area contributed by atoms with Gasteiger partial charge in [-0.15, -0.1) is 0 Å². The molecule has 6 nitrogen and oxygen atoms in total. The third kappa shape index (κ3) is 4.84. The van der Waals surface area contributed by atoms with Crippen LogP contribution in [-0.4, -0.2) is 54.4 Å². The number of nitrogens with one attached hydrogen (secondary N) is 2. The van der Waals surface area contributed by atoms with Crippen LogP contribution in [0, 0.1) is 12.7 Å². The van der Waals surface area contributed by atoms with Gasteiger partial charge in [-0.3, -0.25) is 0 Å². The minimum absolute atomic E-state index is 0.226. The van der Waals surface area contributed by atoms with E-state index in [4.69, 9.17) is 4.74 Å². The molecule has 182 valence electrons. The number of likely N-dealkylation sites (tertiary alicyclic amines) is 1. The Hall–Kier alpha value is -3.15. The van der Waals surface area contributed by atoms with Gasteiger partial charge in [0, 0.05) is 30.4 Å². The topological polar surface area (TPSA) is 70.2 Å². The number of ether oxygens (including phenoxy) is 1. The maximum absolute atomic E-state index is 14.6. The smallest absolute Gasteiger partial charge is 0.139 e. The quantitative estimate of drug-likeness (QED) is 0.335. The molecule has 1 unspecified atom stereocenters. The first-order valence-corrected chi connectivity index (χ1v) is 14.3. The molecule has 1 atom stereocenters. The van der Waals surface area contributed by atoms with Crippen molar-refractivity contribution in [1.29, 1.82) is 0 Å². The molecule has 0 saturated carbocycles. The lowest BCUT2D eigenvalue weighted by molar-refractivity contribution is 0.208. The van der Waals surface area contributed by atoms with Crippen LogP contribution in [0.2, 0.25) is 0 Å². The first-order chi connectivity index (χ1) is 16.7. The van der Waals surface area contributed by atoms with E-state index in [0.717, 1.165) is 58.8 Å². The van der Waals surface area contributed by atoms with Crippen LogP contribution in [0.3, 0.4) is 0 Å². The predicted molar refractivity (Wildman–Crippen MR) is 142 cm³/mol. The highest BCUT2D eigenvalue weighted by molar-refractivity contribution is 7.70. The number of hydrogen-bond donors (Lipinski definition) is 2. The maximum atomic E-state index is 14.6. The first kappa shape index (κ1) is 23.6. The number of aromatic amines is 1. The Balaban J connectivity index is 1.46. The second-order valence-electron chi connectivity index (χ2n) is 9.69. The molecule has 5 rings (SSSR count). The minimum Gasteiger partial charge on any atom is -0.489 e. The van der Waals surface area contributed by atoms with Gasteiger partial charge >= 0.3 is 0 Å². The Kier molecular flexibility index (Phi) is 6.16. The highest BCUT2D eigenvalue weighted by atomic mass is 31.2. The van der Waals surface area contributed by atoms with E-state index in [2.05, 4.69) is 27.2 Å². The Morgan fingerprint density at radius 3 is 2.66 bits per heavy atom. The molecule has 1 aliphatic rings. The molecule has 2 aromatic carbocycles. The van der Waals surface area contributed by atoms with Crippen LogP contribution >= 0.6 is 7.14 Å². The Morgan fingerprint density at radius 2 is 1.97 bits per heavy atom. The molecule has 1 aliphatic heterocycles. The van der Waals surface area contributed by atoms with Crippen molar-refractivity contribution in [3.05, 3.63) is 66.1 Å². The third-order valence-electron chi connectivity index (χ3n) is 6.45. The fraction of sp³-hybridized carbons (Fsp3) is 0.296. The summed E-state index contributed by atoms with van der Waals surface area (Å²) in [5.41, 5.74) is 4.88. The van der Waals surface area contributed by atoms with Gasteiger partial charge in [-0.1, -0.05) is 6.07 Å². The van der Waals surface area contributed by atoms with Crippen LogP contribution in [0.15, 0.2) is 54.7 Å². The lowest BCUT2D eigenvalue weighted by Crippen LogP contribution is -2.21. The van der Waals surface area contributed by atoms with E-state index in [1.165, 1.54) is 6.07 Å². The molecule has 0 amide bonds. The van der Waals surface area contributed by atoms with Crippen molar-refractivity contribution < 1.29 is 13.7 Å². The summed E-state index contributed by atoms with van der Waals surface area (Å²) in [6, 6.07) is 14.8. The number of halogens is 1. The number of hydrogen-bond acceptors (Lipinski definition) is 5. The van der Waals surface area contributed by atoms with Gasteiger partial charge in [0.2, 0.25) is 0 Å². The molecular weight excluding hydrogens is 462 g/mol. The highest BCUT2D eigenvalue weighted by Crippen LogP contribution is 2.41. The molecule has 0 radical (unpaired) electrons. The molecular formula is C27H30FN4O2P. The summed E-state index contributed by atoms with van der Waals surface area (Å²) in [7, 11) is -0.733. The van der Waals surface area contributed by atoms with Gasteiger partial charge < -0.3 is 24.5 Å². The number of anilines is 2. The summed E-state index contributed by atoms with van der Waals surface area (Å²) >= 11 is 0. The Bertz CT molecular complexity index is 1430. The van der Waals surface area contributed by atoms with Gasteiger partial charge in [-0.2, -0.15) is 0 Å². The van der Waals surface area contributed by atoms with Crippen LogP contribution in [0.1, 0.15) is 12.0 Å². The second-order valence-corrected chi connectivity index (χ2v) is 12.8. The van der Waals surface area contributed by atoms with Gasteiger partial charge in [0.1, 0.15) is 30.5 Å². The minimum atomic E-state index is -2.84. The van der Waals surface area contributed by atoms with Crippen molar-refractivity contribution in [3.63, 3.8) is 0 Å². The van der Waals surface area contributed by atoms with Crippen molar-refractivity contribution in [3.8, 4) is 17.0 Å². The number of fused-ring (bicyclic) bond motifs is 1. The molecule has 0 bridgehead atoms. The standard InChI is InChI=1S/C27H30FN4O2P/c1-17-15-29-27-21(25(17)30-23-7-5-6-22(28)26(23)35(3,4)33)14-24(31-27)18-8-10-19(11-9-18)34-20-12-13-32(2)16-20/h5-11,14-15,20H,12-13,16H2,1-4H3,(H2,29,30,31). The van der Waals surface area contributed by atoms with Crippen molar-refractivity contribution in [2.45, 2.75) is 19.4 Å². The van der Waals surface area contributed by atoms with Gasteiger partial charge in [-0.25, -0.2) is 9.37 Å². The number of aromatic nitrogens is 2.